The lowest BCUT2D eigenvalue weighted by Crippen LogP contribution is -2.52. The maximum atomic E-state index is 14.2. The monoisotopic (exact) mass is 599 g/mol. The fourth-order valence-electron chi connectivity index (χ4n) is 4.49. The molecule has 1 atom stereocenters. The van der Waals surface area contributed by atoms with Gasteiger partial charge >= 0.3 is 0 Å². The normalized spacial score (nSPS) is 11.9. The number of methoxy groups -OCH3 is 1. The molecule has 1 unspecified atom stereocenters. The Morgan fingerprint density at radius 3 is 2.37 bits per heavy atom. The Kier molecular flexibility index (Phi) is 11.6. The third-order valence-corrected chi connectivity index (χ3v) is 9.00. The number of nitrogens with zero attached hydrogens (tertiary/aromatic N) is 2. The van der Waals surface area contributed by atoms with Crippen LogP contribution in [-0.4, -0.2) is 51.4 Å². The topological polar surface area (TPSA) is 96.0 Å². The van der Waals surface area contributed by atoms with Crippen molar-refractivity contribution in [2.45, 2.75) is 57.5 Å². The highest BCUT2D eigenvalue weighted by Crippen LogP contribution is 2.31. The molecular formula is C31H38ClN3O5S. The molecule has 2 amide bonds. The highest BCUT2D eigenvalue weighted by molar-refractivity contribution is 7.92. The maximum absolute atomic E-state index is 14.2. The van der Waals surface area contributed by atoms with E-state index >= 15 is 0 Å². The highest BCUT2D eigenvalue weighted by atomic mass is 35.5. The van der Waals surface area contributed by atoms with Crippen LogP contribution < -0.4 is 14.4 Å². The Hall–Kier alpha value is -3.56. The van der Waals surface area contributed by atoms with Crippen molar-refractivity contribution in [3.63, 3.8) is 0 Å². The molecule has 0 fully saturated rings. The van der Waals surface area contributed by atoms with E-state index in [9.17, 15) is 18.0 Å². The third-order valence-electron chi connectivity index (χ3n) is 6.82. The van der Waals surface area contributed by atoms with Crippen molar-refractivity contribution in [2.75, 3.05) is 24.5 Å². The van der Waals surface area contributed by atoms with Crippen LogP contribution in [0.4, 0.5) is 5.69 Å². The van der Waals surface area contributed by atoms with Crippen molar-refractivity contribution in [1.82, 2.24) is 10.2 Å². The van der Waals surface area contributed by atoms with Crippen molar-refractivity contribution in [3.05, 3.63) is 88.9 Å². The Balaban J connectivity index is 2.07. The molecule has 0 radical (unpaired) electrons. The van der Waals surface area contributed by atoms with Crippen molar-refractivity contribution < 1.29 is 22.7 Å². The summed E-state index contributed by atoms with van der Waals surface area (Å²) >= 11 is 6.38. The molecule has 0 aliphatic heterocycles. The first-order valence-electron chi connectivity index (χ1n) is 13.7. The SMILES string of the molecule is CCCCNC(=O)C(CC)N(Cc1cccc(OC)c1)C(=O)CN(c1cccc(Cl)c1C)S(=O)(=O)c1ccccc1. The second kappa shape index (κ2) is 14.9. The van der Waals surface area contributed by atoms with Crippen LogP contribution in [0.3, 0.4) is 0 Å². The maximum Gasteiger partial charge on any atom is 0.264 e. The molecule has 0 saturated carbocycles. The standard InChI is InChI=1S/C31H38ClN3O5S/c1-5-7-19-33-31(37)28(6-2)34(21-24-13-11-14-25(20-24)40-4)30(36)22-35(29-18-12-17-27(32)23(29)3)41(38,39)26-15-9-8-10-16-26/h8-18,20,28H,5-7,19,21-22H2,1-4H3,(H,33,37). The minimum absolute atomic E-state index is 0.0378. The Bertz CT molecular complexity index is 1430. The molecule has 41 heavy (non-hydrogen) atoms. The first-order valence-corrected chi connectivity index (χ1v) is 15.5. The average Bonchev–Trinajstić information content (AvgIpc) is 2.98. The van der Waals surface area contributed by atoms with Gasteiger partial charge in [-0.2, -0.15) is 0 Å². The number of amides is 2. The van der Waals surface area contributed by atoms with E-state index in [-0.39, 0.29) is 23.0 Å². The number of rotatable bonds is 14. The molecule has 3 aromatic rings. The number of benzene rings is 3. The van der Waals surface area contributed by atoms with Crippen LogP contribution in [0.15, 0.2) is 77.7 Å². The molecule has 0 heterocycles. The summed E-state index contributed by atoms with van der Waals surface area (Å²) in [5.74, 6) is -0.198. The average molecular weight is 600 g/mol. The molecular weight excluding hydrogens is 562 g/mol. The number of ether oxygens (including phenoxy) is 1. The van der Waals surface area contributed by atoms with Gasteiger partial charge in [-0.15, -0.1) is 0 Å². The highest BCUT2D eigenvalue weighted by Gasteiger charge is 2.34. The Labute approximate surface area is 248 Å². The summed E-state index contributed by atoms with van der Waals surface area (Å²) in [6.07, 6.45) is 2.06. The van der Waals surface area contributed by atoms with Gasteiger partial charge < -0.3 is 15.0 Å². The van der Waals surface area contributed by atoms with Crippen LogP contribution in [-0.2, 0) is 26.2 Å². The van der Waals surface area contributed by atoms with Crippen LogP contribution in [0.2, 0.25) is 5.02 Å². The zero-order valence-corrected chi connectivity index (χ0v) is 25.5. The number of hydrogen-bond donors (Lipinski definition) is 1. The molecule has 10 heteroatoms. The van der Waals surface area contributed by atoms with Crippen LogP contribution in [0, 0.1) is 6.92 Å². The Morgan fingerprint density at radius 2 is 1.71 bits per heavy atom. The summed E-state index contributed by atoms with van der Waals surface area (Å²) in [6.45, 7) is 5.62. The molecule has 0 bridgehead atoms. The number of hydrogen-bond acceptors (Lipinski definition) is 5. The second-order valence-electron chi connectivity index (χ2n) is 9.65. The predicted molar refractivity (Wildman–Crippen MR) is 163 cm³/mol. The van der Waals surface area contributed by atoms with E-state index in [0.717, 1.165) is 22.7 Å². The van der Waals surface area contributed by atoms with Crippen molar-refractivity contribution in [2.24, 2.45) is 0 Å². The van der Waals surface area contributed by atoms with Crippen LogP contribution in [0.25, 0.3) is 0 Å². The number of sulfonamides is 1. The van der Waals surface area contributed by atoms with Gasteiger partial charge in [-0.25, -0.2) is 8.42 Å². The van der Waals surface area contributed by atoms with Gasteiger partial charge in [0, 0.05) is 18.1 Å². The molecule has 0 saturated heterocycles. The van der Waals surface area contributed by atoms with E-state index in [2.05, 4.69) is 5.32 Å². The van der Waals surface area contributed by atoms with Gasteiger partial charge in [0.25, 0.3) is 10.0 Å². The molecule has 0 aliphatic carbocycles. The summed E-state index contributed by atoms with van der Waals surface area (Å²) in [5.41, 5.74) is 1.55. The molecule has 8 nitrogen and oxygen atoms in total. The lowest BCUT2D eigenvalue weighted by atomic mass is 10.1. The smallest absolute Gasteiger partial charge is 0.264 e. The zero-order valence-electron chi connectivity index (χ0n) is 24.0. The number of carbonyl (C=O) groups is 2. The van der Waals surface area contributed by atoms with E-state index in [1.807, 2.05) is 19.9 Å². The fourth-order valence-corrected chi connectivity index (χ4v) is 6.15. The molecule has 0 spiro atoms. The van der Waals surface area contributed by atoms with Crippen LogP contribution in [0.1, 0.15) is 44.2 Å². The first kappa shape index (κ1) is 32.0. The fraction of sp³-hybridized carbons (Fsp3) is 0.355. The van der Waals surface area contributed by atoms with E-state index < -0.39 is 28.5 Å². The van der Waals surface area contributed by atoms with Gasteiger partial charge in [0.2, 0.25) is 11.8 Å². The molecule has 0 aliphatic rings. The molecule has 3 rings (SSSR count). The van der Waals surface area contributed by atoms with Crippen molar-refractivity contribution in [3.8, 4) is 5.75 Å². The van der Waals surface area contributed by atoms with Gasteiger partial charge in [-0.05, 0) is 67.3 Å². The minimum Gasteiger partial charge on any atom is -0.497 e. The van der Waals surface area contributed by atoms with Crippen molar-refractivity contribution in [1.29, 1.82) is 0 Å². The number of carbonyl (C=O) groups excluding carboxylic acids is 2. The first-order chi connectivity index (χ1) is 19.6. The molecule has 0 aromatic heterocycles. The van der Waals surface area contributed by atoms with Gasteiger partial charge in [-0.1, -0.05) is 68.3 Å². The van der Waals surface area contributed by atoms with Crippen LogP contribution in [0.5, 0.6) is 5.75 Å². The van der Waals surface area contributed by atoms with Gasteiger partial charge in [0.1, 0.15) is 18.3 Å². The molecule has 1 N–H and O–H groups in total. The zero-order chi connectivity index (χ0) is 30.0. The number of nitrogens with one attached hydrogen (secondary N) is 1. The summed E-state index contributed by atoms with van der Waals surface area (Å²) in [6, 6.07) is 19.3. The van der Waals surface area contributed by atoms with Gasteiger partial charge in [0.15, 0.2) is 0 Å². The Morgan fingerprint density at radius 1 is 1.00 bits per heavy atom. The van der Waals surface area contributed by atoms with E-state index in [1.165, 1.54) is 17.0 Å². The van der Waals surface area contributed by atoms with E-state index in [0.29, 0.717) is 29.3 Å². The van der Waals surface area contributed by atoms with Gasteiger partial charge in [-0.3, -0.25) is 13.9 Å². The molecule has 220 valence electrons. The number of anilines is 1. The van der Waals surface area contributed by atoms with E-state index in [1.54, 1.807) is 68.6 Å². The summed E-state index contributed by atoms with van der Waals surface area (Å²) in [4.78, 5) is 29.0. The van der Waals surface area contributed by atoms with Crippen molar-refractivity contribution >= 4 is 39.1 Å². The lowest BCUT2D eigenvalue weighted by molar-refractivity contribution is -0.140. The lowest BCUT2D eigenvalue weighted by Gasteiger charge is -2.33. The van der Waals surface area contributed by atoms with Crippen LogP contribution >= 0.6 is 11.6 Å². The third kappa shape index (κ3) is 8.01. The quantitative estimate of drug-likeness (QED) is 0.244. The summed E-state index contributed by atoms with van der Waals surface area (Å²) in [5, 5.41) is 3.30. The van der Waals surface area contributed by atoms with E-state index in [4.69, 9.17) is 16.3 Å². The summed E-state index contributed by atoms with van der Waals surface area (Å²) in [7, 11) is -2.62. The molecule has 3 aromatic carbocycles. The number of unbranched alkanes of at least 4 members (excludes halogenated alkanes) is 1. The summed E-state index contributed by atoms with van der Waals surface area (Å²) < 4.78 is 34.4. The number of halogens is 1. The largest absolute Gasteiger partial charge is 0.497 e. The minimum atomic E-state index is -4.17. The van der Waals surface area contributed by atoms with Gasteiger partial charge in [0.05, 0.1) is 17.7 Å². The second-order valence-corrected chi connectivity index (χ2v) is 11.9. The predicted octanol–water partition coefficient (Wildman–Crippen LogP) is 5.58.